The number of alkyl halides is 3. The minimum atomic E-state index is -4.88. The van der Waals surface area contributed by atoms with Crippen molar-refractivity contribution in [2.45, 2.75) is 19.1 Å². The van der Waals surface area contributed by atoms with E-state index in [2.05, 4.69) is 9.73 Å². The fraction of sp³-hybridized carbons (Fsp3) is 0.556. The lowest BCUT2D eigenvalue weighted by atomic mass is 10.1. The summed E-state index contributed by atoms with van der Waals surface area (Å²) in [7, 11) is 1.30. The van der Waals surface area contributed by atoms with Crippen LogP contribution in [0.4, 0.5) is 13.2 Å². The lowest BCUT2D eigenvalue weighted by Gasteiger charge is -2.13. The van der Waals surface area contributed by atoms with Gasteiger partial charge in [0, 0.05) is 13.3 Å². The number of ether oxygens (including phenoxy) is 1. The molecule has 0 aliphatic carbocycles. The number of methoxy groups -OCH3 is 1. The Morgan fingerprint density at radius 2 is 2.12 bits per heavy atom. The van der Waals surface area contributed by atoms with E-state index in [9.17, 15) is 18.0 Å². The van der Waals surface area contributed by atoms with Crippen molar-refractivity contribution in [3.63, 3.8) is 0 Å². The zero-order valence-corrected chi connectivity index (χ0v) is 9.28. The molecule has 0 aliphatic heterocycles. The highest BCUT2D eigenvalue weighted by Crippen LogP contribution is 2.23. The lowest BCUT2D eigenvalue weighted by molar-refractivity contribution is -0.132. The molecule has 1 unspecified atom stereocenters. The maximum absolute atomic E-state index is 12.6. The number of nitrogens with zero attached hydrogens (tertiary/aromatic N) is 1. The minimum absolute atomic E-state index is 0.0585. The minimum Gasteiger partial charge on any atom is -0.478 e. The molecule has 0 aliphatic rings. The van der Waals surface area contributed by atoms with Crippen molar-refractivity contribution in [1.82, 2.24) is 0 Å². The summed E-state index contributed by atoms with van der Waals surface area (Å²) in [5.74, 6) is -1.78. The first-order valence-corrected chi connectivity index (χ1v) is 4.53. The van der Waals surface area contributed by atoms with Crippen LogP contribution in [0.3, 0.4) is 0 Å². The average molecular weight is 254 g/mol. The average Bonchev–Trinajstić information content (AvgIpc) is 2.15. The first kappa shape index (κ1) is 15.4. The molecule has 0 fully saturated rings. The van der Waals surface area contributed by atoms with Gasteiger partial charge < -0.3 is 15.6 Å². The van der Waals surface area contributed by atoms with Gasteiger partial charge in [-0.25, -0.2) is 4.79 Å². The molecule has 0 saturated carbocycles. The Morgan fingerprint density at radius 3 is 2.41 bits per heavy atom. The van der Waals surface area contributed by atoms with Crippen LogP contribution in [-0.4, -0.2) is 42.7 Å². The van der Waals surface area contributed by atoms with Crippen LogP contribution in [0.25, 0.3) is 0 Å². The van der Waals surface area contributed by atoms with Crippen LogP contribution in [0.15, 0.2) is 16.8 Å². The second kappa shape index (κ2) is 6.24. The molecule has 0 aromatic heterocycles. The van der Waals surface area contributed by atoms with Gasteiger partial charge in [-0.3, -0.25) is 4.99 Å². The maximum Gasteiger partial charge on any atom is 0.433 e. The molecule has 3 N–H and O–H groups in total. The van der Waals surface area contributed by atoms with Gasteiger partial charge in [0.15, 0.2) is 5.71 Å². The van der Waals surface area contributed by atoms with Crippen molar-refractivity contribution in [2.24, 2.45) is 10.7 Å². The van der Waals surface area contributed by atoms with E-state index < -0.39 is 29.5 Å². The summed E-state index contributed by atoms with van der Waals surface area (Å²) in [4.78, 5) is 13.9. The second-order valence-electron chi connectivity index (χ2n) is 3.17. The number of rotatable bonds is 5. The molecule has 0 bridgehead atoms. The summed E-state index contributed by atoms with van der Waals surface area (Å²) in [5.41, 5.74) is 2.27. The Kier molecular flexibility index (Phi) is 5.66. The Bertz CT molecular complexity index is 337. The number of carboxylic acids is 1. The van der Waals surface area contributed by atoms with E-state index in [0.29, 0.717) is 6.20 Å². The van der Waals surface area contributed by atoms with E-state index in [1.807, 2.05) is 0 Å². The number of carboxylic acid groups (broad SMARTS) is 1. The first-order chi connectivity index (χ1) is 7.73. The van der Waals surface area contributed by atoms with Gasteiger partial charge in [0.05, 0.1) is 12.6 Å². The van der Waals surface area contributed by atoms with E-state index in [1.54, 1.807) is 0 Å². The van der Waals surface area contributed by atoms with Crippen molar-refractivity contribution < 1.29 is 27.8 Å². The van der Waals surface area contributed by atoms with Gasteiger partial charge in [0.1, 0.15) is 5.57 Å². The summed E-state index contributed by atoms with van der Waals surface area (Å²) in [6.07, 6.45) is -4.51. The van der Waals surface area contributed by atoms with Gasteiger partial charge in [-0.15, -0.1) is 0 Å². The van der Waals surface area contributed by atoms with Gasteiger partial charge in [-0.1, -0.05) is 0 Å². The summed E-state index contributed by atoms with van der Waals surface area (Å²) < 4.78 is 42.4. The quantitative estimate of drug-likeness (QED) is 0.565. The Balaban J connectivity index is 5.37. The largest absolute Gasteiger partial charge is 0.478 e. The van der Waals surface area contributed by atoms with Crippen LogP contribution in [0.1, 0.15) is 6.92 Å². The van der Waals surface area contributed by atoms with Crippen LogP contribution in [0.5, 0.6) is 0 Å². The van der Waals surface area contributed by atoms with Gasteiger partial charge in [-0.05, 0) is 6.92 Å². The molecular weight excluding hydrogens is 241 g/mol. The summed E-state index contributed by atoms with van der Waals surface area (Å²) >= 11 is 0. The van der Waals surface area contributed by atoms with Crippen molar-refractivity contribution in [1.29, 1.82) is 0 Å². The number of aliphatic imine (C=N–C) groups is 1. The van der Waals surface area contributed by atoms with E-state index in [1.165, 1.54) is 14.0 Å². The summed E-state index contributed by atoms with van der Waals surface area (Å²) in [5, 5.41) is 8.59. The molecule has 0 spiro atoms. The molecule has 0 saturated heterocycles. The van der Waals surface area contributed by atoms with Gasteiger partial charge in [0.2, 0.25) is 0 Å². The third kappa shape index (κ3) is 4.85. The molecule has 0 rings (SSSR count). The molecule has 1 atom stereocenters. The predicted octanol–water partition coefficient (Wildman–Crippen LogP) is 0.952. The lowest BCUT2D eigenvalue weighted by Crippen LogP contribution is -2.31. The Labute approximate surface area is 95.8 Å². The summed E-state index contributed by atoms with van der Waals surface area (Å²) in [6, 6.07) is -0.828. The van der Waals surface area contributed by atoms with Gasteiger partial charge >= 0.3 is 12.1 Å². The second-order valence-corrected chi connectivity index (χ2v) is 3.17. The molecular formula is C9H13F3N2O3. The van der Waals surface area contributed by atoms with Crippen LogP contribution in [0.2, 0.25) is 0 Å². The summed E-state index contributed by atoms with van der Waals surface area (Å²) in [6.45, 7) is 1.31. The van der Waals surface area contributed by atoms with Crippen LogP contribution < -0.4 is 5.73 Å². The van der Waals surface area contributed by atoms with Crippen molar-refractivity contribution in [2.75, 3.05) is 13.7 Å². The highest BCUT2D eigenvalue weighted by atomic mass is 19.4. The highest BCUT2D eigenvalue weighted by Gasteiger charge is 2.40. The normalized spacial score (nSPS) is 15.8. The predicted molar refractivity (Wildman–Crippen MR) is 54.7 cm³/mol. The van der Waals surface area contributed by atoms with Crippen LogP contribution >= 0.6 is 0 Å². The molecule has 98 valence electrons. The van der Waals surface area contributed by atoms with E-state index in [-0.39, 0.29) is 6.61 Å². The number of nitrogens with two attached hydrogens (primary N) is 1. The number of hydrogen-bond acceptors (Lipinski definition) is 4. The third-order valence-electron chi connectivity index (χ3n) is 1.68. The zero-order valence-electron chi connectivity index (χ0n) is 9.28. The topological polar surface area (TPSA) is 84.9 Å². The van der Waals surface area contributed by atoms with Crippen molar-refractivity contribution in [3.05, 3.63) is 11.8 Å². The molecule has 0 aromatic carbocycles. The van der Waals surface area contributed by atoms with E-state index in [4.69, 9.17) is 10.8 Å². The SMILES string of the molecule is COCC(C)N=C(C(=CN)C(=O)O)C(F)(F)F. The molecule has 0 heterocycles. The fourth-order valence-corrected chi connectivity index (χ4v) is 1.05. The van der Waals surface area contributed by atoms with E-state index in [0.717, 1.165) is 0 Å². The standard InChI is InChI=1S/C9H13F3N2O3/c1-5(4-17-2)14-7(9(10,11)12)6(3-13)8(15)16/h3,5H,4,13H2,1-2H3,(H,15,16). The molecule has 5 nitrogen and oxygen atoms in total. The molecule has 0 radical (unpaired) electrons. The maximum atomic E-state index is 12.6. The van der Waals surface area contributed by atoms with Crippen LogP contribution in [-0.2, 0) is 9.53 Å². The highest BCUT2D eigenvalue weighted by molar-refractivity contribution is 6.21. The number of aliphatic carboxylic acids is 1. The number of halogens is 3. The number of hydrogen-bond donors (Lipinski definition) is 2. The Morgan fingerprint density at radius 1 is 1.59 bits per heavy atom. The fourth-order valence-electron chi connectivity index (χ4n) is 1.05. The molecule has 0 amide bonds. The van der Waals surface area contributed by atoms with Crippen molar-refractivity contribution in [3.8, 4) is 0 Å². The molecule has 8 heteroatoms. The smallest absolute Gasteiger partial charge is 0.433 e. The van der Waals surface area contributed by atoms with E-state index >= 15 is 0 Å². The Hall–Kier alpha value is -1.57. The first-order valence-electron chi connectivity index (χ1n) is 4.53. The monoisotopic (exact) mass is 254 g/mol. The molecule has 17 heavy (non-hydrogen) atoms. The molecule has 0 aromatic rings. The van der Waals surface area contributed by atoms with Gasteiger partial charge in [0.25, 0.3) is 0 Å². The van der Waals surface area contributed by atoms with Crippen LogP contribution in [0, 0.1) is 0 Å². The number of carbonyl (C=O) groups is 1. The van der Waals surface area contributed by atoms with Gasteiger partial charge in [-0.2, -0.15) is 13.2 Å². The zero-order chi connectivity index (χ0) is 13.6. The van der Waals surface area contributed by atoms with Crippen molar-refractivity contribution >= 4 is 11.7 Å². The third-order valence-corrected chi connectivity index (χ3v) is 1.68.